The molecule has 35 heavy (non-hydrogen) atoms. The molecule has 0 spiro atoms. The summed E-state index contributed by atoms with van der Waals surface area (Å²) in [5, 5.41) is 14.6. The highest BCUT2D eigenvalue weighted by molar-refractivity contribution is 5.84. The third-order valence-corrected chi connectivity index (χ3v) is 5.52. The number of halogens is 3. The lowest BCUT2D eigenvalue weighted by atomic mass is 10.2. The van der Waals surface area contributed by atoms with E-state index < -0.39 is 30.9 Å². The van der Waals surface area contributed by atoms with Crippen LogP contribution in [-0.4, -0.2) is 47.6 Å². The summed E-state index contributed by atoms with van der Waals surface area (Å²) < 4.78 is 41.6. The van der Waals surface area contributed by atoms with E-state index >= 15 is 0 Å². The van der Waals surface area contributed by atoms with Gasteiger partial charge in [-0.25, -0.2) is 13.9 Å². The van der Waals surface area contributed by atoms with E-state index in [2.05, 4.69) is 15.3 Å². The normalized spacial score (nSPS) is 11.9. The zero-order chi connectivity index (χ0) is 24.7. The van der Waals surface area contributed by atoms with Crippen LogP contribution >= 0.6 is 0 Å². The molecule has 5 rings (SSSR count). The fraction of sp³-hybridized carbons (Fsp3) is 0.174. The molecule has 1 aromatic carbocycles. The number of imidazole rings is 1. The largest absolute Gasteiger partial charge is 0.405 e. The number of hydrogen-bond acceptors (Lipinski definition) is 5. The Balaban J connectivity index is 1.55. The van der Waals surface area contributed by atoms with Crippen LogP contribution in [0.1, 0.15) is 5.56 Å². The van der Waals surface area contributed by atoms with Gasteiger partial charge in [-0.1, -0.05) is 18.2 Å². The van der Waals surface area contributed by atoms with Crippen molar-refractivity contribution in [2.45, 2.75) is 19.6 Å². The molecule has 0 unspecified atom stereocenters. The number of carbonyl (C=O) groups is 1. The second-order valence-electron chi connectivity index (χ2n) is 7.90. The zero-order valence-corrected chi connectivity index (χ0v) is 18.3. The first-order chi connectivity index (χ1) is 16.7. The number of nitrogens with one attached hydrogen (secondary N) is 1. The maximum absolute atomic E-state index is 13.3. The van der Waals surface area contributed by atoms with Gasteiger partial charge in [0.1, 0.15) is 13.1 Å². The van der Waals surface area contributed by atoms with Gasteiger partial charge in [-0.3, -0.25) is 9.36 Å². The third kappa shape index (κ3) is 4.14. The van der Waals surface area contributed by atoms with Gasteiger partial charge in [0, 0.05) is 11.8 Å². The van der Waals surface area contributed by atoms with Crippen molar-refractivity contribution >= 4 is 22.5 Å². The fourth-order valence-electron chi connectivity index (χ4n) is 3.96. The lowest BCUT2D eigenvalue weighted by molar-refractivity contribution is -0.138. The van der Waals surface area contributed by atoms with Crippen molar-refractivity contribution in [3.63, 3.8) is 0 Å². The van der Waals surface area contributed by atoms with Gasteiger partial charge in [0.2, 0.25) is 5.91 Å². The molecule has 0 atom stereocenters. The number of aromatic nitrogens is 6. The first kappa shape index (κ1) is 22.3. The van der Waals surface area contributed by atoms with Crippen molar-refractivity contribution in [1.29, 1.82) is 0 Å². The van der Waals surface area contributed by atoms with Gasteiger partial charge in [-0.15, -0.1) is 10.2 Å². The Kier molecular flexibility index (Phi) is 5.35. The molecule has 178 valence electrons. The molecule has 0 aliphatic carbocycles. The minimum absolute atomic E-state index is 0.212. The maximum Gasteiger partial charge on any atom is 0.405 e. The molecule has 0 bridgehead atoms. The Labute approximate surface area is 195 Å². The Bertz CT molecular complexity index is 1610. The molecule has 0 saturated heterocycles. The quantitative estimate of drug-likeness (QED) is 0.416. The van der Waals surface area contributed by atoms with Gasteiger partial charge in [0.25, 0.3) is 0 Å². The minimum atomic E-state index is -4.55. The Hall–Kier alpha value is -4.48. The van der Waals surface area contributed by atoms with Crippen LogP contribution in [0.15, 0.2) is 65.7 Å². The summed E-state index contributed by atoms with van der Waals surface area (Å²) in [5.41, 5.74) is 3.14. The second kappa shape index (κ2) is 8.38. The van der Waals surface area contributed by atoms with E-state index in [1.54, 1.807) is 53.3 Å². The molecule has 0 aliphatic rings. The number of benzene rings is 1. The molecular formula is C23H18F3N7O2. The molecule has 4 heterocycles. The second-order valence-corrected chi connectivity index (χ2v) is 7.90. The van der Waals surface area contributed by atoms with Crippen molar-refractivity contribution < 1.29 is 18.0 Å². The van der Waals surface area contributed by atoms with E-state index in [4.69, 9.17) is 0 Å². The summed E-state index contributed by atoms with van der Waals surface area (Å²) in [6.45, 7) is -0.266. The monoisotopic (exact) mass is 481 g/mol. The lowest BCUT2D eigenvalue weighted by Crippen LogP contribution is -2.38. The van der Waals surface area contributed by atoms with Crippen LogP contribution in [0, 0.1) is 6.92 Å². The maximum atomic E-state index is 13.3. The first-order valence-corrected chi connectivity index (χ1v) is 10.5. The number of hydrogen-bond donors (Lipinski definition) is 1. The number of amides is 1. The molecule has 0 radical (unpaired) electrons. The molecule has 0 fully saturated rings. The van der Waals surface area contributed by atoms with Crippen LogP contribution < -0.4 is 11.0 Å². The molecule has 9 nitrogen and oxygen atoms in total. The summed E-state index contributed by atoms with van der Waals surface area (Å²) in [6.07, 6.45) is -1.08. The van der Waals surface area contributed by atoms with Crippen molar-refractivity contribution in [3.05, 3.63) is 77.0 Å². The van der Waals surface area contributed by atoms with Gasteiger partial charge in [0.05, 0.1) is 28.4 Å². The predicted octanol–water partition coefficient (Wildman–Crippen LogP) is 2.88. The predicted molar refractivity (Wildman–Crippen MR) is 121 cm³/mol. The van der Waals surface area contributed by atoms with E-state index in [1.807, 2.05) is 24.4 Å². The average Bonchev–Trinajstić information content (AvgIpc) is 3.38. The van der Waals surface area contributed by atoms with Gasteiger partial charge in [-0.2, -0.15) is 18.3 Å². The Morgan fingerprint density at radius 1 is 1.03 bits per heavy atom. The molecule has 1 amide bonds. The summed E-state index contributed by atoms with van der Waals surface area (Å²) in [7, 11) is 0. The van der Waals surface area contributed by atoms with E-state index in [0.29, 0.717) is 16.7 Å². The van der Waals surface area contributed by atoms with E-state index in [1.165, 1.54) is 4.57 Å². The van der Waals surface area contributed by atoms with Crippen LogP contribution in [0.5, 0.6) is 0 Å². The first-order valence-electron chi connectivity index (χ1n) is 10.5. The molecule has 4 aromatic heterocycles. The van der Waals surface area contributed by atoms with Gasteiger partial charge in [0.15, 0.2) is 5.82 Å². The number of alkyl halides is 3. The van der Waals surface area contributed by atoms with E-state index in [-0.39, 0.29) is 5.82 Å². The average molecular weight is 481 g/mol. The summed E-state index contributed by atoms with van der Waals surface area (Å²) >= 11 is 0. The smallest absolute Gasteiger partial charge is 0.345 e. The third-order valence-electron chi connectivity index (χ3n) is 5.52. The Morgan fingerprint density at radius 2 is 1.83 bits per heavy atom. The standard InChI is InChI=1S/C23H18F3N7O2/c1-14-5-4-7-18-21(14)33(22(35)31(18)12-20(34)27-13-23(24,25)26)19-9-8-16(29-30-19)15-11-28-32-10-3-2-6-17(15)32/h2-11H,12-13H2,1H3,(H,27,34). The number of para-hydroxylation sites is 1. The highest BCUT2D eigenvalue weighted by atomic mass is 19.4. The molecule has 0 aliphatic heterocycles. The number of pyridine rings is 1. The molecular weight excluding hydrogens is 463 g/mol. The van der Waals surface area contributed by atoms with Crippen molar-refractivity contribution in [2.24, 2.45) is 0 Å². The topological polar surface area (TPSA) is 99.1 Å². The SMILES string of the molecule is Cc1cccc2c1n(-c1ccc(-c3cnn4ccccc34)nn1)c(=O)n2CC(=O)NCC(F)(F)F. The zero-order valence-electron chi connectivity index (χ0n) is 18.3. The highest BCUT2D eigenvalue weighted by Gasteiger charge is 2.28. The van der Waals surface area contributed by atoms with Crippen molar-refractivity contribution in [3.8, 4) is 17.1 Å². The number of fused-ring (bicyclic) bond motifs is 2. The number of rotatable bonds is 5. The molecule has 0 saturated carbocycles. The molecule has 1 N–H and O–H groups in total. The van der Waals surface area contributed by atoms with Crippen LogP contribution in [0.2, 0.25) is 0 Å². The minimum Gasteiger partial charge on any atom is -0.345 e. The molecule has 5 aromatic rings. The highest BCUT2D eigenvalue weighted by Crippen LogP contribution is 2.24. The van der Waals surface area contributed by atoms with Gasteiger partial charge >= 0.3 is 11.9 Å². The van der Waals surface area contributed by atoms with Crippen LogP contribution in [0.4, 0.5) is 13.2 Å². The van der Waals surface area contributed by atoms with Crippen LogP contribution in [0.3, 0.4) is 0 Å². The van der Waals surface area contributed by atoms with E-state index in [0.717, 1.165) is 21.2 Å². The summed E-state index contributed by atoms with van der Waals surface area (Å²) in [4.78, 5) is 25.5. The molecule has 12 heteroatoms. The summed E-state index contributed by atoms with van der Waals surface area (Å²) in [5.74, 6) is -0.719. The van der Waals surface area contributed by atoms with Crippen LogP contribution in [-0.2, 0) is 11.3 Å². The van der Waals surface area contributed by atoms with Crippen molar-refractivity contribution in [1.82, 2.24) is 34.3 Å². The van der Waals surface area contributed by atoms with E-state index in [9.17, 15) is 22.8 Å². The number of aryl methyl sites for hydroxylation is 1. The van der Waals surface area contributed by atoms with Gasteiger partial charge in [-0.05, 0) is 42.8 Å². The van der Waals surface area contributed by atoms with Crippen molar-refractivity contribution in [2.75, 3.05) is 6.54 Å². The fourth-order valence-corrected chi connectivity index (χ4v) is 3.96. The van der Waals surface area contributed by atoms with Gasteiger partial charge < -0.3 is 5.32 Å². The Morgan fingerprint density at radius 3 is 2.57 bits per heavy atom. The number of nitrogens with zero attached hydrogens (tertiary/aromatic N) is 6. The summed E-state index contributed by atoms with van der Waals surface area (Å²) in [6, 6.07) is 14.1. The lowest BCUT2D eigenvalue weighted by Gasteiger charge is -2.08. The number of carbonyl (C=O) groups excluding carboxylic acids is 1. The van der Waals surface area contributed by atoms with Crippen LogP contribution in [0.25, 0.3) is 33.6 Å².